The molecular formula is C22H24N6O2. The first-order valence-electron chi connectivity index (χ1n) is 10.3. The molecule has 30 heavy (non-hydrogen) atoms. The number of nitrogens with zero attached hydrogens (tertiary/aromatic N) is 5. The van der Waals surface area contributed by atoms with Gasteiger partial charge < -0.3 is 10.2 Å². The fourth-order valence-electron chi connectivity index (χ4n) is 4.60. The van der Waals surface area contributed by atoms with Crippen LogP contribution in [0, 0.1) is 6.92 Å². The fraction of sp³-hybridized carbons (Fsp3) is 0.364. The highest BCUT2D eigenvalue weighted by molar-refractivity contribution is 6.01. The fourth-order valence-corrected chi connectivity index (χ4v) is 4.60. The number of amides is 2. The van der Waals surface area contributed by atoms with E-state index < -0.39 is 0 Å². The van der Waals surface area contributed by atoms with Crippen LogP contribution < -0.4 is 5.32 Å². The van der Waals surface area contributed by atoms with E-state index in [1.165, 1.54) is 0 Å². The van der Waals surface area contributed by atoms with Crippen LogP contribution in [-0.4, -0.2) is 74.5 Å². The Bertz CT molecular complexity index is 1100. The Balaban J connectivity index is 1.30. The molecule has 3 aromatic rings. The van der Waals surface area contributed by atoms with Crippen molar-refractivity contribution in [1.82, 2.24) is 29.7 Å². The molecule has 2 aliphatic heterocycles. The van der Waals surface area contributed by atoms with Crippen LogP contribution >= 0.6 is 0 Å². The molecular weight excluding hydrogens is 380 g/mol. The van der Waals surface area contributed by atoms with Crippen molar-refractivity contribution in [2.45, 2.75) is 25.4 Å². The topological polar surface area (TPSA) is 82.8 Å². The lowest BCUT2D eigenvalue weighted by Gasteiger charge is -2.40. The molecule has 0 aliphatic carbocycles. The van der Waals surface area contributed by atoms with Gasteiger partial charge in [0.05, 0.1) is 5.69 Å². The van der Waals surface area contributed by atoms with Crippen LogP contribution in [0.5, 0.6) is 0 Å². The third-order valence-corrected chi connectivity index (χ3v) is 6.14. The standard InChI is InChI=1S/C22H24N6O2/c1-15-19(20-23-9-5-10-28(20)25-15)21(29)24-12-18-14-27(17-8-11-26(18)13-17)22(30)16-6-3-2-4-7-16/h2-7,9-10,17-18H,8,11-14H2,1H3,(H,24,29). The number of nitrogens with one attached hydrogen (secondary N) is 1. The average molecular weight is 404 g/mol. The molecule has 1 aromatic carbocycles. The molecule has 2 saturated heterocycles. The summed E-state index contributed by atoms with van der Waals surface area (Å²) in [6.07, 6.45) is 4.41. The van der Waals surface area contributed by atoms with Gasteiger partial charge in [0.15, 0.2) is 5.65 Å². The number of carbonyl (C=O) groups excluding carboxylic acids is 2. The molecule has 8 heteroatoms. The van der Waals surface area contributed by atoms with Gasteiger partial charge >= 0.3 is 0 Å². The number of aromatic nitrogens is 3. The van der Waals surface area contributed by atoms with Crippen molar-refractivity contribution >= 4 is 17.5 Å². The molecule has 0 radical (unpaired) electrons. The summed E-state index contributed by atoms with van der Waals surface area (Å²) >= 11 is 0. The lowest BCUT2D eigenvalue weighted by molar-refractivity contribution is 0.0493. The molecule has 2 bridgehead atoms. The lowest BCUT2D eigenvalue weighted by atomic mass is 10.1. The zero-order valence-corrected chi connectivity index (χ0v) is 16.9. The van der Waals surface area contributed by atoms with Gasteiger partial charge in [-0.3, -0.25) is 14.5 Å². The highest BCUT2D eigenvalue weighted by Gasteiger charge is 2.41. The average Bonchev–Trinajstić information content (AvgIpc) is 3.34. The number of piperazine rings is 1. The number of aryl methyl sites for hydroxylation is 1. The normalized spacial score (nSPS) is 23.0. The molecule has 3 atom stereocenters. The number of hydrogen-bond donors (Lipinski definition) is 1. The van der Waals surface area contributed by atoms with Crippen molar-refractivity contribution in [2.24, 2.45) is 0 Å². The predicted octanol–water partition coefficient (Wildman–Crippen LogP) is 1.37. The maximum absolute atomic E-state index is 13.0. The van der Waals surface area contributed by atoms with E-state index in [0.717, 1.165) is 19.5 Å². The summed E-state index contributed by atoms with van der Waals surface area (Å²) in [7, 11) is 0. The van der Waals surface area contributed by atoms with E-state index >= 15 is 0 Å². The summed E-state index contributed by atoms with van der Waals surface area (Å²) in [5.74, 6) is -0.107. The minimum atomic E-state index is -0.177. The molecule has 2 fully saturated rings. The highest BCUT2D eigenvalue weighted by Crippen LogP contribution is 2.26. The largest absolute Gasteiger partial charge is 0.350 e. The molecule has 154 valence electrons. The summed E-state index contributed by atoms with van der Waals surface area (Å²) in [5, 5.41) is 7.42. The van der Waals surface area contributed by atoms with Gasteiger partial charge in [-0.1, -0.05) is 18.2 Å². The quantitative estimate of drug-likeness (QED) is 0.710. The summed E-state index contributed by atoms with van der Waals surface area (Å²) in [6.45, 7) is 4.71. The van der Waals surface area contributed by atoms with Crippen LogP contribution in [0.2, 0.25) is 0 Å². The van der Waals surface area contributed by atoms with Crippen molar-refractivity contribution in [1.29, 1.82) is 0 Å². The molecule has 4 heterocycles. The zero-order chi connectivity index (χ0) is 20.7. The van der Waals surface area contributed by atoms with Crippen molar-refractivity contribution in [2.75, 3.05) is 26.2 Å². The van der Waals surface area contributed by atoms with Gasteiger partial charge in [0.2, 0.25) is 0 Å². The smallest absolute Gasteiger partial charge is 0.257 e. The molecule has 0 spiro atoms. The summed E-state index contributed by atoms with van der Waals surface area (Å²) in [4.78, 5) is 34.6. The zero-order valence-electron chi connectivity index (χ0n) is 16.9. The number of benzene rings is 1. The Labute approximate surface area is 174 Å². The molecule has 3 unspecified atom stereocenters. The molecule has 2 amide bonds. The second kappa shape index (κ2) is 7.53. The predicted molar refractivity (Wildman–Crippen MR) is 111 cm³/mol. The lowest BCUT2D eigenvalue weighted by Crippen LogP contribution is -2.57. The SMILES string of the molecule is Cc1nn2cccnc2c1C(=O)NCC1CN(C(=O)c2ccccc2)C2CCN1C2. The second-order valence-corrected chi connectivity index (χ2v) is 7.97. The Morgan fingerprint density at radius 2 is 2.00 bits per heavy atom. The van der Waals surface area contributed by atoms with Gasteiger partial charge in [-0.05, 0) is 31.5 Å². The summed E-state index contributed by atoms with van der Waals surface area (Å²) < 4.78 is 1.62. The van der Waals surface area contributed by atoms with Crippen molar-refractivity contribution < 1.29 is 9.59 Å². The third-order valence-electron chi connectivity index (χ3n) is 6.14. The van der Waals surface area contributed by atoms with Crippen molar-refractivity contribution in [3.8, 4) is 0 Å². The van der Waals surface area contributed by atoms with E-state index in [1.807, 2.05) is 42.2 Å². The van der Waals surface area contributed by atoms with Crippen molar-refractivity contribution in [3.63, 3.8) is 0 Å². The van der Waals surface area contributed by atoms with Crippen molar-refractivity contribution in [3.05, 3.63) is 65.6 Å². The highest BCUT2D eigenvalue weighted by atomic mass is 16.2. The van der Waals surface area contributed by atoms with Gasteiger partial charge in [0.25, 0.3) is 11.8 Å². The van der Waals surface area contributed by atoms with E-state index in [1.54, 1.807) is 23.0 Å². The van der Waals surface area contributed by atoms with Gasteiger partial charge in [0, 0.05) is 56.2 Å². The van der Waals surface area contributed by atoms with E-state index in [9.17, 15) is 9.59 Å². The van der Waals surface area contributed by atoms with Crippen LogP contribution in [0.4, 0.5) is 0 Å². The molecule has 2 aromatic heterocycles. The Kier molecular flexibility index (Phi) is 4.71. The number of hydrogen-bond acceptors (Lipinski definition) is 5. The summed E-state index contributed by atoms with van der Waals surface area (Å²) in [5.41, 5.74) is 2.42. The van der Waals surface area contributed by atoms with Gasteiger partial charge in [-0.25, -0.2) is 9.50 Å². The maximum Gasteiger partial charge on any atom is 0.257 e. The minimum absolute atomic E-state index is 0.0705. The Hall–Kier alpha value is -3.26. The summed E-state index contributed by atoms with van der Waals surface area (Å²) in [6, 6.07) is 11.5. The van der Waals surface area contributed by atoms with Gasteiger partial charge in [-0.15, -0.1) is 0 Å². The maximum atomic E-state index is 13.0. The van der Waals surface area contributed by atoms with Gasteiger partial charge in [-0.2, -0.15) is 5.10 Å². The molecule has 0 saturated carbocycles. The second-order valence-electron chi connectivity index (χ2n) is 7.97. The number of carbonyl (C=O) groups is 2. The Morgan fingerprint density at radius 3 is 2.83 bits per heavy atom. The van der Waals surface area contributed by atoms with Crippen LogP contribution in [-0.2, 0) is 0 Å². The van der Waals surface area contributed by atoms with Crippen LogP contribution in [0.25, 0.3) is 5.65 Å². The van der Waals surface area contributed by atoms with Crippen LogP contribution in [0.15, 0.2) is 48.8 Å². The third kappa shape index (κ3) is 3.23. The first-order chi connectivity index (χ1) is 14.6. The van der Waals surface area contributed by atoms with E-state index in [0.29, 0.717) is 35.6 Å². The van der Waals surface area contributed by atoms with E-state index in [-0.39, 0.29) is 23.9 Å². The number of rotatable bonds is 4. The molecule has 5 rings (SSSR count). The van der Waals surface area contributed by atoms with E-state index in [4.69, 9.17) is 0 Å². The Morgan fingerprint density at radius 1 is 1.17 bits per heavy atom. The van der Waals surface area contributed by atoms with Gasteiger partial charge in [0.1, 0.15) is 5.56 Å². The molecule has 1 N–H and O–H groups in total. The number of fused-ring (bicyclic) bond motifs is 3. The van der Waals surface area contributed by atoms with Crippen LogP contribution in [0.3, 0.4) is 0 Å². The van der Waals surface area contributed by atoms with E-state index in [2.05, 4.69) is 20.3 Å². The minimum Gasteiger partial charge on any atom is -0.350 e. The van der Waals surface area contributed by atoms with Crippen LogP contribution in [0.1, 0.15) is 32.8 Å². The molecule has 8 nitrogen and oxygen atoms in total. The first kappa shape index (κ1) is 18.7. The molecule has 2 aliphatic rings. The monoisotopic (exact) mass is 404 g/mol. The first-order valence-corrected chi connectivity index (χ1v) is 10.3.